The number of urea groups is 1. The Balaban J connectivity index is 1.86. The number of carbonyl (C=O) groups excluding carboxylic acids is 1. The molecular formula is C15H28N2O2. The zero-order chi connectivity index (χ0) is 13.8. The van der Waals surface area contributed by atoms with Crippen LogP contribution in [0.3, 0.4) is 0 Å². The molecule has 1 saturated heterocycles. The summed E-state index contributed by atoms with van der Waals surface area (Å²) in [4.78, 5) is 14.2. The third-order valence-electron chi connectivity index (χ3n) is 5.08. The predicted molar refractivity (Wildman–Crippen MR) is 75.9 cm³/mol. The molecule has 0 radical (unpaired) electrons. The summed E-state index contributed by atoms with van der Waals surface area (Å²) in [5, 5.41) is 12.4. The van der Waals surface area contributed by atoms with Crippen molar-refractivity contribution < 1.29 is 9.90 Å². The lowest BCUT2D eigenvalue weighted by Gasteiger charge is -2.38. The fourth-order valence-electron chi connectivity index (χ4n) is 3.43. The lowest BCUT2D eigenvalue weighted by Crippen LogP contribution is -2.52. The highest BCUT2D eigenvalue weighted by Crippen LogP contribution is 2.29. The van der Waals surface area contributed by atoms with E-state index in [1.807, 2.05) is 4.90 Å². The second-order valence-corrected chi connectivity index (χ2v) is 6.46. The number of likely N-dealkylation sites (tertiary alicyclic amines) is 1. The van der Waals surface area contributed by atoms with Gasteiger partial charge in [-0.15, -0.1) is 0 Å². The summed E-state index contributed by atoms with van der Waals surface area (Å²) >= 11 is 0. The van der Waals surface area contributed by atoms with Gasteiger partial charge in [-0.2, -0.15) is 0 Å². The Labute approximate surface area is 116 Å². The topological polar surface area (TPSA) is 52.6 Å². The highest BCUT2D eigenvalue weighted by atomic mass is 16.3. The van der Waals surface area contributed by atoms with Gasteiger partial charge in [0.15, 0.2) is 0 Å². The van der Waals surface area contributed by atoms with Gasteiger partial charge < -0.3 is 15.3 Å². The third kappa shape index (κ3) is 3.62. The summed E-state index contributed by atoms with van der Waals surface area (Å²) < 4.78 is 0. The fraction of sp³-hybridized carbons (Fsp3) is 0.933. The standard InChI is InChI=1S/C15H28N2O2/c1-11-5-3-7-14(12(11)2)16-15(19)17-8-4-6-13(9-17)10-18/h11-14,18H,3-10H2,1-2H3,(H,16,19). The predicted octanol–water partition coefficient (Wildman–Crippen LogP) is 2.23. The molecule has 0 aromatic carbocycles. The van der Waals surface area contributed by atoms with E-state index in [0.717, 1.165) is 25.8 Å². The van der Waals surface area contributed by atoms with Crippen molar-refractivity contribution in [3.05, 3.63) is 0 Å². The first-order valence-corrected chi connectivity index (χ1v) is 7.78. The molecule has 2 fully saturated rings. The second kappa shape index (κ2) is 6.60. The number of hydrogen-bond acceptors (Lipinski definition) is 2. The zero-order valence-corrected chi connectivity index (χ0v) is 12.3. The van der Waals surface area contributed by atoms with Crippen molar-refractivity contribution >= 4 is 6.03 Å². The molecule has 2 rings (SSSR count). The van der Waals surface area contributed by atoms with E-state index in [2.05, 4.69) is 19.2 Å². The van der Waals surface area contributed by atoms with Crippen LogP contribution in [0.25, 0.3) is 0 Å². The number of hydrogen-bond donors (Lipinski definition) is 2. The number of aliphatic hydroxyl groups is 1. The molecule has 2 N–H and O–H groups in total. The summed E-state index contributed by atoms with van der Waals surface area (Å²) in [5.41, 5.74) is 0. The number of nitrogens with zero attached hydrogens (tertiary/aromatic N) is 1. The van der Waals surface area contributed by atoms with Gasteiger partial charge in [0.1, 0.15) is 0 Å². The lowest BCUT2D eigenvalue weighted by atomic mass is 9.78. The van der Waals surface area contributed by atoms with Crippen molar-refractivity contribution in [3.8, 4) is 0 Å². The summed E-state index contributed by atoms with van der Waals surface area (Å²) in [6.45, 7) is 6.27. The maximum atomic E-state index is 12.3. The van der Waals surface area contributed by atoms with Gasteiger partial charge in [-0.3, -0.25) is 0 Å². The summed E-state index contributed by atoms with van der Waals surface area (Å²) in [7, 11) is 0. The third-order valence-corrected chi connectivity index (χ3v) is 5.08. The molecule has 1 aliphatic heterocycles. The van der Waals surface area contributed by atoms with Gasteiger partial charge in [-0.1, -0.05) is 26.7 Å². The molecule has 4 heteroatoms. The van der Waals surface area contributed by atoms with Crippen molar-refractivity contribution in [2.45, 2.75) is 52.0 Å². The molecule has 2 amide bonds. The number of aliphatic hydroxyl groups excluding tert-OH is 1. The molecule has 19 heavy (non-hydrogen) atoms. The van der Waals surface area contributed by atoms with Crippen molar-refractivity contribution in [3.63, 3.8) is 0 Å². The SMILES string of the molecule is CC1CCCC(NC(=O)N2CCCC(CO)C2)C1C. The molecule has 1 heterocycles. The van der Waals surface area contributed by atoms with Crippen LogP contribution in [0.4, 0.5) is 4.79 Å². The smallest absolute Gasteiger partial charge is 0.317 e. The van der Waals surface area contributed by atoms with E-state index < -0.39 is 0 Å². The maximum absolute atomic E-state index is 12.3. The second-order valence-electron chi connectivity index (χ2n) is 6.46. The van der Waals surface area contributed by atoms with Gasteiger partial charge in [0, 0.05) is 25.7 Å². The molecule has 1 saturated carbocycles. The number of amides is 2. The van der Waals surface area contributed by atoms with Crippen LogP contribution in [0.15, 0.2) is 0 Å². The molecule has 0 bridgehead atoms. The Morgan fingerprint density at radius 1 is 1.26 bits per heavy atom. The van der Waals surface area contributed by atoms with Crippen LogP contribution >= 0.6 is 0 Å². The van der Waals surface area contributed by atoms with Gasteiger partial charge >= 0.3 is 6.03 Å². The van der Waals surface area contributed by atoms with E-state index in [0.29, 0.717) is 24.4 Å². The van der Waals surface area contributed by atoms with E-state index >= 15 is 0 Å². The number of carbonyl (C=O) groups is 1. The van der Waals surface area contributed by atoms with Crippen LogP contribution in [0, 0.1) is 17.8 Å². The van der Waals surface area contributed by atoms with Crippen molar-refractivity contribution in [2.24, 2.45) is 17.8 Å². The summed E-state index contributed by atoms with van der Waals surface area (Å²) in [6.07, 6.45) is 5.65. The molecule has 4 unspecified atom stereocenters. The van der Waals surface area contributed by atoms with Crippen LogP contribution in [-0.4, -0.2) is 41.8 Å². The van der Waals surface area contributed by atoms with Crippen molar-refractivity contribution in [1.82, 2.24) is 10.2 Å². The van der Waals surface area contributed by atoms with Crippen LogP contribution in [0.2, 0.25) is 0 Å². The van der Waals surface area contributed by atoms with Gasteiger partial charge in [0.25, 0.3) is 0 Å². The van der Waals surface area contributed by atoms with E-state index in [9.17, 15) is 9.90 Å². The fourth-order valence-corrected chi connectivity index (χ4v) is 3.43. The van der Waals surface area contributed by atoms with Crippen LogP contribution < -0.4 is 5.32 Å². The van der Waals surface area contributed by atoms with Crippen LogP contribution in [0.1, 0.15) is 46.0 Å². The Morgan fingerprint density at radius 3 is 2.79 bits per heavy atom. The quantitative estimate of drug-likeness (QED) is 0.807. The number of piperidine rings is 1. The molecule has 0 spiro atoms. The first-order chi connectivity index (χ1) is 9.11. The van der Waals surface area contributed by atoms with Crippen molar-refractivity contribution in [1.29, 1.82) is 0 Å². The minimum Gasteiger partial charge on any atom is -0.396 e. The Hall–Kier alpha value is -0.770. The summed E-state index contributed by atoms with van der Waals surface area (Å²) in [6, 6.07) is 0.398. The molecule has 1 aliphatic carbocycles. The molecule has 4 nitrogen and oxygen atoms in total. The average molecular weight is 268 g/mol. The van der Waals surface area contributed by atoms with Gasteiger partial charge in [0.2, 0.25) is 0 Å². The highest BCUT2D eigenvalue weighted by molar-refractivity contribution is 5.74. The monoisotopic (exact) mass is 268 g/mol. The van der Waals surface area contributed by atoms with E-state index in [1.165, 1.54) is 12.8 Å². The Morgan fingerprint density at radius 2 is 2.05 bits per heavy atom. The van der Waals surface area contributed by atoms with Gasteiger partial charge in [-0.05, 0) is 37.0 Å². The highest BCUT2D eigenvalue weighted by Gasteiger charge is 2.30. The largest absolute Gasteiger partial charge is 0.396 e. The van der Waals surface area contributed by atoms with E-state index in [1.54, 1.807) is 0 Å². The molecule has 0 aromatic rings. The number of nitrogens with one attached hydrogen (secondary N) is 1. The maximum Gasteiger partial charge on any atom is 0.317 e. The van der Waals surface area contributed by atoms with Crippen molar-refractivity contribution in [2.75, 3.05) is 19.7 Å². The Bertz CT molecular complexity index is 309. The lowest BCUT2D eigenvalue weighted by molar-refractivity contribution is 0.121. The van der Waals surface area contributed by atoms with Gasteiger partial charge in [-0.25, -0.2) is 4.79 Å². The first-order valence-electron chi connectivity index (χ1n) is 7.78. The summed E-state index contributed by atoms with van der Waals surface area (Å²) in [5.74, 6) is 1.53. The van der Waals surface area contributed by atoms with Crippen LogP contribution in [0.5, 0.6) is 0 Å². The molecule has 2 aliphatic rings. The van der Waals surface area contributed by atoms with E-state index in [4.69, 9.17) is 0 Å². The minimum absolute atomic E-state index is 0.0732. The molecule has 110 valence electrons. The normalized spacial score (nSPS) is 36.1. The number of rotatable bonds is 2. The first kappa shape index (κ1) is 14.6. The minimum atomic E-state index is 0.0732. The molecule has 0 aromatic heterocycles. The molecule has 4 atom stereocenters. The Kier molecular flexibility index (Phi) is 5.08. The molecular weight excluding hydrogens is 240 g/mol. The zero-order valence-electron chi connectivity index (χ0n) is 12.3. The van der Waals surface area contributed by atoms with Gasteiger partial charge in [0.05, 0.1) is 0 Å². The van der Waals surface area contributed by atoms with Crippen LogP contribution in [-0.2, 0) is 0 Å². The van der Waals surface area contributed by atoms with E-state index in [-0.39, 0.29) is 18.6 Å². The average Bonchev–Trinajstić information content (AvgIpc) is 2.44.